The standard InChI is InChI=1S/C21H18N4O4/c1-13(26)15-6-9-17(18(12-15)28-3)29-20-11-10-19-22-23-21(25(19)24-20)14-4-7-16(27-2)8-5-14/h4-12H,1-3H3. The van der Waals surface area contributed by atoms with Crippen LogP contribution in [-0.4, -0.2) is 39.8 Å². The molecule has 4 rings (SSSR count). The van der Waals surface area contributed by atoms with Gasteiger partial charge in [-0.3, -0.25) is 4.79 Å². The van der Waals surface area contributed by atoms with Crippen molar-refractivity contribution >= 4 is 11.4 Å². The van der Waals surface area contributed by atoms with E-state index in [0.29, 0.717) is 34.4 Å². The zero-order valence-electron chi connectivity index (χ0n) is 16.1. The lowest BCUT2D eigenvalue weighted by Crippen LogP contribution is -2.00. The molecule has 0 unspecified atom stereocenters. The summed E-state index contributed by atoms with van der Waals surface area (Å²) in [5.74, 6) is 2.50. The molecule has 2 aromatic heterocycles. The smallest absolute Gasteiger partial charge is 0.237 e. The number of fused-ring (bicyclic) bond motifs is 1. The fraction of sp³-hybridized carbons (Fsp3) is 0.143. The highest BCUT2D eigenvalue weighted by Gasteiger charge is 2.13. The Hall–Kier alpha value is -3.94. The molecule has 0 saturated heterocycles. The number of Topliss-reactive ketones (excluding diaryl/α,β-unsaturated/α-hetero) is 1. The van der Waals surface area contributed by atoms with Gasteiger partial charge in [0.1, 0.15) is 5.75 Å². The van der Waals surface area contributed by atoms with Crippen molar-refractivity contribution in [2.45, 2.75) is 6.92 Å². The number of carbonyl (C=O) groups is 1. The Labute approximate surface area is 166 Å². The average Bonchev–Trinajstić information content (AvgIpc) is 3.17. The predicted octanol–water partition coefficient (Wildman–Crippen LogP) is 3.80. The quantitative estimate of drug-likeness (QED) is 0.463. The van der Waals surface area contributed by atoms with E-state index in [0.717, 1.165) is 11.3 Å². The van der Waals surface area contributed by atoms with E-state index in [1.807, 2.05) is 24.3 Å². The molecule has 0 amide bonds. The second kappa shape index (κ2) is 7.59. The fourth-order valence-corrected chi connectivity index (χ4v) is 2.83. The SMILES string of the molecule is COc1ccc(-c2nnc3ccc(Oc4ccc(C(C)=O)cc4OC)nn23)cc1. The van der Waals surface area contributed by atoms with Gasteiger partial charge in [-0.05, 0) is 55.5 Å². The molecule has 2 aromatic carbocycles. The Balaban J connectivity index is 1.69. The van der Waals surface area contributed by atoms with Crippen LogP contribution in [0.3, 0.4) is 0 Å². The van der Waals surface area contributed by atoms with Crippen molar-refractivity contribution in [2.24, 2.45) is 0 Å². The van der Waals surface area contributed by atoms with E-state index in [2.05, 4.69) is 15.3 Å². The molecule has 0 aliphatic carbocycles. The van der Waals surface area contributed by atoms with E-state index in [9.17, 15) is 4.79 Å². The molecule has 0 aliphatic heterocycles. The molecule has 146 valence electrons. The summed E-state index contributed by atoms with van der Waals surface area (Å²) in [5.41, 5.74) is 1.96. The molecule has 0 spiro atoms. The maximum Gasteiger partial charge on any atom is 0.237 e. The largest absolute Gasteiger partial charge is 0.497 e. The van der Waals surface area contributed by atoms with Gasteiger partial charge < -0.3 is 14.2 Å². The molecular weight excluding hydrogens is 372 g/mol. The minimum Gasteiger partial charge on any atom is -0.497 e. The van der Waals surface area contributed by atoms with Crippen LogP contribution in [0.2, 0.25) is 0 Å². The van der Waals surface area contributed by atoms with Gasteiger partial charge in [0.15, 0.2) is 28.8 Å². The van der Waals surface area contributed by atoms with Crippen LogP contribution in [0.25, 0.3) is 17.0 Å². The van der Waals surface area contributed by atoms with Gasteiger partial charge in [-0.25, -0.2) is 0 Å². The highest BCUT2D eigenvalue weighted by atomic mass is 16.5. The van der Waals surface area contributed by atoms with Gasteiger partial charge in [-0.1, -0.05) is 0 Å². The van der Waals surface area contributed by atoms with Crippen molar-refractivity contribution < 1.29 is 19.0 Å². The number of carbonyl (C=O) groups excluding carboxylic acids is 1. The number of nitrogens with zero attached hydrogens (tertiary/aromatic N) is 4. The first-order valence-electron chi connectivity index (χ1n) is 8.83. The Kier molecular flexibility index (Phi) is 4.82. The predicted molar refractivity (Wildman–Crippen MR) is 106 cm³/mol. The third kappa shape index (κ3) is 3.60. The zero-order chi connectivity index (χ0) is 20.4. The van der Waals surface area contributed by atoms with Crippen LogP contribution in [0, 0.1) is 0 Å². The van der Waals surface area contributed by atoms with Crippen molar-refractivity contribution in [1.82, 2.24) is 19.8 Å². The Morgan fingerprint density at radius 2 is 1.69 bits per heavy atom. The molecule has 0 bridgehead atoms. The van der Waals surface area contributed by atoms with Gasteiger partial charge in [0.2, 0.25) is 5.88 Å². The summed E-state index contributed by atoms with van der Waals surface area (Å²) in [7, 11) is 3.13. The first-order valence-corrected chi connectivity index (χ1v) is 8.83. The van der Waals surface area contributed by atoms with E-state index in [-0.39, 0.29) is 5.78 Å². The van der Waals surface area contributed by atoms with E-state index in [1.54, 1.807) is 42.0 Å². The van der Waals surface area contributed by atoms with Gasteiger partial charge in [-0.15, -0.1) is 15.3 Å². The first-order chi connectivity index (χ1) is 14.1. The number of ether oxygens (including phenoxy) is 3. The van der Waals surface area contributed by atoms with E-state index in [1.165, 1.54) is 14.0 Å². The van der Waals surface area contributed by atoms with Crippen LogP contribution in [0.4, 0.5) is 0 Å². The van der Waals surface area contributed by atoms with Crippen molar-refractivity contribution in [3.05, 3.63) is 60.2 Å². The van der Waals surface area contributed by atoms with Gasteiger partial charge in [-0.2, -0.15) is 4.52 Å². The number of benzene rings is 2. The maximum atomic E-state index is 11.6. The molecule has 29 heavy (non-hydrogen) atoms. The summed E-state index contributed by atoms with van der Waals surface area (Å²) < 4.78 is 18.0. The monoisotopic (exact) mass is 390 g/mol. The molecule has 2 heterocycles. The molecule has 4 aromatic rings. The van der Waals surface area contributed by atoms with Crippen molar-refractivity contribution in [3.8, 4) is 34.5 Å². The summed E-state index contributed by atoms with van der Waals surface area (Å²) in [6.45, 7) is 1.50. The molecule has 0 radical (unpaired) electrons. The van der Waals surface area contributed by atoms with E-state index < -0.39 is 0 Å². The summed E-state index contributed by atoms with van der Waals surface area (Å²) >= 11 is 0. The third-order valence-corrected chi connectivity index (χ3v) is 4.37. The lowest BCUT2D eigenvalue weighted by molar-refractivity contribution is 0.101. The Morgan fingerprint density at radius 3 is 2.38 bits per heavy atom. The number of ketones is 1. The lowest BCUT2D eigenvalue weighted by atomic mass is 10.1. The zero-order valence-corrected chi connectivity index (χ0v) is 16.1. The molecule has 0 fully saturated rings. The second-order valence-electron chi connectivity index (χ2n) is 6.22. The number of hydrogen-bond acceptors (Lipinski definition) is 7. The number of rotatable bonds is 6. The molecule has 0 saturated carbocycles. The number of hydrogen-bond donors (Lipinski definition) is 0. The summed E-state index contributed by atoms with van der Waals surface area (Å²) in [6, 6.07) is 15.9. The average molecular weight is 390 g/mol. The van der Waals surface area contributed by atoms with Crippen LogP contribution < -0.4 is 14.2 Å². The van der Waals surface area contributed by atoms with Crippen molar-refractivity contribution in [2.75, 3.05) is 14.2 Å². The normalized spacial score (nSPS) is 10.7. The van der Waals surface area contributed by atoms with Crippen LogP contribution in [0.5, 0.6) is 23.1 Å². The molecular formula is C21H18N4O4. The molecule has 0 atom stereocenters. The minimum atomic E-state index is -0.0528. The number of methoxy groups -OCH3 is 2. The highest BCUT2D eigenvalue weighted by molar-refractivity contribution is 5.94. The van der Waals surface area contributed by atoms with Gasteiger partial charge in [0.05, 0.1) is 14.2 Å². The second-order valence-corrected chi connectivity index (χ2v) is 6.22. The molecule has 8 heteroatoms. The lowest BCUT2D eigenvalue weighted by Gasteiger charge is -2.11. The highest BCUT2D eigenvalue weighted by Crippen LogP contribution is 2.32. The summed E-state index contributed by atoms with van der Waals surface area (Å²) in [5, 5.41) is 12.9. The minimum absolute atomic E-state index is 0.0528. The van der Waals surface area contributed by atoms with Gasteiger partial charge >= 0.3 is 0 Å². The Bertz CT molecular complexity index is 1190. The van der Waals surface area contributed by atoms with E-state index >= 15 is 0 Å². The fourth-order valence-electron chi connectivity index (χ4n) is 2.83. The van der Waals surface area contributed by atoms with Crippen LogP contribution in [0.15, 0.2) is 54.6 Å². The van der Waals surface area contributed by atoms with Crippen LogP contribution >= 0.6 is 0 Å². The van der Waals surface area contributed by atoms with Crippen molar-refractivity contribution in [1.29, 1.82) is 0 Å². The maximum absolute atomic E-state index is 11.6. The molecule has 0 aliphatic rings. The third-order valence-electron chi connectivity index (χ3n) is 4.37. The topological polar surface area (TPSA) is 87.8 Å². The van der Waals surface area contributed by atoms with Crippen molar-refractivity contribution in [3.63, 3.8) is 0 Å². The molecule has 8 nitrogen and oxygen atoms in total. The molecule has 0 N–H and O–H groups in total. The van der Waals surface area contributed by atoms with Crippen LogP contribution in [0.1, 0.15) is 17.3 Å². The van der Waals surface area contributed by atoms with Gasteiger partial charge in [0.25, 0.3) is 0 Å². The summed E-state index contributed by atoms with van der Waals surface area (Å²) in [6.07, 6.45) is 0. The Morgan fingerprint density at radius 1 is 0.897 bits per heavy atom. The summed E-state index contributed by atoms with van der Waals surface area (Å²) in [4.78, 5) is 11.6. The first kappa shape index (κ1) is 18.4. The number of aromatic nitrogens is 4. The van der Waals surface area contributed by atoms with E-state index in [4.69, 9.17) is 14.2 Å². The van der Waals surface area contributed by atoms with Crippen LogP contribution in [-0.2, 0) is 0 Å². The van der Waals surface area contributed by atoms with Gasteiger partial charge in [0, 0.05) is 17.2 Å².